The minimum atomic E-state index is 0.0263. The molecule has 1 aromatic carbocycles. The maximum atomic E-state index is 12.6. The third-order valence-electron chi connectivity index (χ3n) is 6.54. The van der Waals surface area contributed by atoms with E-state index < -0.39 is 0 Å². The van der Waals surface area contributed by atoms with Gasteiger partial charge in [-0.25, -0.2) is 4.98 Å². The molecule has 2 fully saturated rings. The predicted molar refractivity (Wildman–Crippen MR) is 120 cm³/mol. The average Bonchev–Trinajstić information content (AvgIpc) is 2.74. The Morgan fingerprint density at radius 3 is 2.63 bits per heavy atom. The summed E-state index contributed by atoms with van der Waals surface area (Å²) in [6, 6.07) is 6.12. The minimum Gasteiger partial charge on any atom is -0.369 e. The highest BCUT2D eigenvalue weighted by molar-refractivity contribution is 5.81. The Morgan fingerprint density at radius 2 is 1.93 bits per heavy atom. The number of carbonyl (C=O) groups is 1. The summed E-state index contributed by atoms with van der Waals surface area (Å²) in [7, 11) is 0. The third kappa shape index (κ3) is 4.36. The topological polar surface area (TPSA) is 61.7 Å². The van der Waals surface area contributed by atoms with Crippen molar-refractivity contribution in [3.05, 3.63) is 34.9 Å². The molecule has 0 aliphatic carbocycles. The maximum Gasteiger partial charge on any atom is 0.261 e. The van der Waals surface area contributed by atoms with Gasteiger partial charge in [0, 0.05) is 64.5 Å². The first-order valence-electron chi connectivity index (χ1n) is 11.2. The fraction of sp³-hybridized carbons (Fsp3) is 0.609. The number of hydrogen-bond acceptors (Lipinski definition) is 5. The second-order valence-electron chi connectivity index (χ2n) is 9.01. The summed E-state index contributed by atoms with van der Waals surface area (Å²) in [5, 5.41) is 0.681. The van der Waals surface area contributed by atoms with Gasteiger partial charge in [0.05, 0.1) is 17.2 Å². The molecule has 7 nitrogen and oxygen atoms in total. The lowest BCUT2D eigenvalue weighted by Gasteiger charge is -2.40. The summed E-state index contributed by atoms with van der Waals surface area (Å²) in [6.07, 6.45) is 3.99. The van der Waals surface area contributed by atoms with Crippen LogP contribution >= 0.6 is 0 Å². The van der Waals surface area contributed by atoms with Crippen molar-refractivity contribution in [3.63, 3.8) is 0 Å². The highest BCUT2D eigenvalue weighted by atomic mass is 16.2. The van der Waals surface area contributed by atoms with Crippen LogP contribution in [0.15, 0.2) is 29.3 Å². The van der Waals surface area contributed by atoms with Crippen molar-refractivity contribution in [3.8, 4) is 0 Å². The summed E-state index contributed by atoms with van der Waals surface area (Å²) in [5.41, 5.74) is 1.93. The lowest BCUT2D eigenvalue weighted by atomic mass is 9.97. The molecule has 1 unspecified atom stereocenters. The van der Waals surface area contributed by atoms with Crippen molar-refractivity contribution in [2.75, 3.05) is 50.7 Å². The number of benzene rings is 1. The Labute approximate surface area is 178 Å². The van der Waals surface area contributed by atoms with Gasteiger partial charge in [-0.3, -0.25) is 19.1 Å². The van der Waals surface area contributed by atoms with Crippen LogP contribution in [0.4, 0.5) is 5.69 Å². The molecule has 2 aromatic rings. The molecular weight excluding hydrogens is 378 g/mol. The Balaban J connectivity index is 1.38. The van der Waals surface area contributed by atoms with E-state index in [1.807, 2.05) is 30.9 Å². The van der Waals surface area contributed by atoms with Gasteiger partial charge in [-0.2, -0.15) is 0 Å². The number of hydrogen-bond donors (Lipinski definition) is 0. The number of likely N-dealkylation sites (tertiary alicyclic amines) is 1. The lowest BCUT2D eigenvalue weighted by molar-refractivity contribution is -0.130. The van der Waals surface area contributed by atoms with Crippen molar-refractivity contribution in [2.45, 2.75) is 39.7 Å². The van der Waals surface area contributed by atoms with E-state index in [1.54, 1.807) is 17.8 Å². The SMILES string of the molecule is CC(=O)N1CCCC(CN2CCN(c3ccc4c(=O)n(C(C)C)cnc4c3)CC2)C1. The molecule has 7 heteroatoms. The van der Waals surface area contributed by atoms with Gasteiger partial charge in [-0.05, 0) is 50.8 Å². The number of carbonyl (C=O) groups excluding carboxylic acids is 1. The van der Waals surface area contributed by atoms with E-state index >= 15 is 0 Å². The number of aromatic nitrogens is 2. The molecule has 2 aliphatic rings. The fourth-order valence-electron chi connectivity index (χ4n) is 4.74. The van der Waals surface area contributed by atoms with Crippen molar-refractivity contribution >= 4 is 22.5 Å². The molecule has 2 saturated heterocycles. The van der Waals surface area contributed by atoms with Crippen LogP contribution in [0.5, 0.6) is 0 Å². The summed E-state index contributed by atoms with van der Waals surface area (Å²) in [6.45, 7) is 12.5. The zero-order valence-corrected chi connectivity index (χ0v) is 18.4. The molecule has 162 valence electrons. The van der Waals surface area contributed by atoms with Gasteiger partial charge >= 0.3 is 0 Å². The van der Waals surface area contributed by atoms with E-state index in [0.29, 0.717) is 11.3 Å². The number of rotatable bonds is 4. The number of nitrogens with zero attached hydrogens (tertiary/aromatic N) is 5. The van der Waals surface area contributed by atoms with Crippen molar-refractivity contribution in [1.82, 2.24) is 19.4 Å². The van der Waals surface area contributed by atoms with E-state index in [4.69, 9.17) is 0 Å². The summed E-state index contributed by atoms with van der Waals surface area (Å²) < 4.78 is 1.68. The molecule has 1 aromatic heterocycles. The number of piperidine rings is 1. The summed E-state index contributed by atoms with van der Waals surface area (Å²) in [4.78, 5) is 35.8. The van der Waals surface area contributed by atoms with Crippen LogP contribution < -0.4 is 10.5 Å². The Bertz CT molecular complexity index is 962. The van der Waals surface area contributed by atoms with E-state index in [2.05, 4.69) is 20.9 Å². The van der Waals surface area contributed by atoms with Crippen molar-refractivity contribution in [1.29, 1.82) is 0 Å². The molecule has 0 bridgehead atoms. The van der Waals surface area contributed by atoms with E-state index in [1.165, 1.54) is 6.42 Å². The number of piperazine rings is 1. The standard InChI is InChI=1S/C23H33N5O2/c1-17(2)28-16-24-22-13-20(6-7-21(22)23(28)30)26-11-9-25(10-12-26)14-19-5-4-8-27(15-19)18(3)29/h6-7,13,16-17,19H,4-5,8-12,14-15H2,1-3H3. The predicted octanol–water partition coefficient (Wildman–Crippen LogP) is 2.36. The van der Waals surface area contributed by atoms with Gasteiger partial charge in [0.2, 0.25) is 5.91 Å². The molecule has 1 atom stereocenters. The molecule has 3 heterocycles. The Morgan fingerprint density at radius 1 is 1.17 bits per heavy atom. The number of anilines is 1. The molecule has 1 amide bonds. The molecule has 0 N–H and O–H groups in total. The average molecular weight is 412 g/mol. The van der Waals surface area contributed by atoms with Crippen LogP contribution in [0.2, 0.25) is 0 Å². The smallest absolute Gasteiger partial charge is 0.261 e. The molecular formula is C23H33N5O2. The number of amides is 1. The quantitative estimate of drug-likeness (QED) is 0.773. The normalized spacial score (nSPS) is 20.9. The summed E-state index contributed by atoms with van der Waals surface area (Å²) in [5.74, 6) is 0.789. The molecule has 0 spiro atoms. The van der Waals surface area contributed by atoms with Crippen LogP contribution in [-0.2, 0) is 4.79 Å². The maximum absolute atomic E-state index is 12.6. The molecule has 0 saturated carbocycles. The van der Waals surface area contributed by atoms with Gasteiger partial charge in [-0.1, -0.05) is 0 Å². The van der Waals surface area contributed by atoms with Crippen molar-refractivity contribution < 1.29 is 4.79 Å². The first-order chi connectivity index (χ1) is 14.4. The molecule has 4 rings (SSSR count). The van der Waals surface area contributed by atoms with Gasteiger partial charge < -0.3 is 9.80 Å². The van der Waals surface area contributed by atoms with Crippen molar-refractivity contribution in [2.24, 2.45) is 5.92 Å². The van der Waals surface area contributed by atoms with Crippen LogP contribution in [0.1, 0.15) is 39.7 Å². The van der Waals surface area contributed by atoms with Gasteiger partial charge in [0.15, 0.2) is 0 Å². The van der Waals surface area contributed by atoms with E-state index in [-0.39, 0.29) is 17.5 Å². The highest BCUT2D eigenvalue weighted by Gasteiger charge is 2.25. The first-order valence-corrected chi connectivity index (χ1v) is 11.2. The largest absolute Gasteiger partial charge is 0.369 e. The zero-order chi connectivity index (χ0) is 21.3. The van der Waals surface area contributed by atoms with Crippen LogP contribution in [0, 0.1) is 5.92 Å². The highest BCUT2D eigenvalue weighted by Crippen LogP contribution is 2.23. The summed E-state index contributed by atoms with van der Waals surface area (Å²) >= 11 is 0. The monoisotopic (exact) mass is 411 g/mol. The molecule has 0 radical (unpaired) electrons. The van der Waals surface area contributed by atoms with Gasteiger partial charge in [0.25, 0.3) is 5.56 Å². The van der Waals surface area contributed by atoms with E-state index in [9.17, 15) is 9.59 Å². The zero-order valence-electron chi connectivity index (χ0n) is 18.4. The number of fused-ring (bicyclic) bond motifs is 1. The van der Waals surface area contributed by atoms with Crippen LogP contribution in [0.25, 0.3) is 10.9 Å². The Hall–Kier alpha value is -2.41. The second kappa shape index (κ2) is 8.76. The fourth-order valence-corrected chi connectivity index (χ4v) is 4.74. The minimum absolute atomic E-state index is 0.0263. The van der Waals surface area contributed by atoms with E-state index in [0.717, 1.165) is 63.4 Å². The second-order valence-corrected chi connectivity index (χ2v) is 9.01. The third-order valence-corrected chi connectivity index (χ3v) is 6.54. The first kappa shape index (κ1) is 20.8. The van der Waals surface area contributed by atoms with Gasteiger partial charge in [0.1, 0.15) is 0 Å². The molecule has 2 aliphatic heterocycles. The lowest BCUT2D eigenvalue weighted by Crippen LogP contribution is -2.50. The van der Waals surface area contributed by atoms with Crippen LogP contribution in [-0.4, -0.2) is 71.1 Å². The Kier molecular flexibility index (Phi) is 6.09. The van der Waals surface area contributed by atoms with Crippen LogP contribution in [0.3, 0.4) is 0 Å². The van der Waals surface area contributed by atoms with Gasteiger partial charge in [-0.15, -0.1) is 0 Å². The molecule has 30 heavy (non-hydrogen) atoms.